The fraction of sp³-hybridized carbons (Fsp3) is 0.0968. The van der Waals surface area contributed by atoms with Crippen molar-refractivity contribution in [2.45, 2.75) is 19.9 Å². The summed E-state index contributed by atoms with van der Waals surface area (Å²) < 4.78 is 1.07. The van der Waals surface area contributed by atoms with Gasteiger partial charge in [0.15, 0.2) is 5.13 Å². The van der Waals surface area contributed by atoms with Crippen molar-refractivity contribution in [1.82, 2.24) is 15.0 Å². The minimum atomic E-state index is -0.116. The molecule has 6 heteroatoms. The van der Waals surface area contributed by atoms with Crippen molar-refractivity contribution in [3.05, 3.63) is 120 Å². The number of nitrogens with zero attached hydrogens (tertiary/aromatic N) is 4. The van der Waals surface area contributed by atoms with E-state index in [4.69, 9.17) is 9.97 Å². The van der Waals surface area contributed by atoms with Gasteiger partial charge in [-0.25, -0.2) is 9.97 Å². The molecule has 0 unspecified atom stereocenters. The fourth-order valence-corrected chi connectivity index (χ4v) is 5.47. The van der Waals surface area contributed by atoms with Crippen LogP contribution in [0, 0.1) is 0 Å². The van der Waals surface area contributed by atoms with E-state index in [1.54, 1.807) is 28.6 Å². The van der Waals surface area contributed by atoms with Crippen LogP contribution >= 0.6 is 11.3 Å². The van der Waals surface area contributed by atoms with Crippen molar-refractivity contribution in [3.63, 3.8) is 0 Å². The molecular formula is C31H24N4OS. The van der Waals surface area contributed by atoms with Crippen LogP contribution in [0.5, 0.6) is 0 Å². The van der Waals surface area contributed by atoms with Gasteiger partial charge in [-0.1, -0.05) is 78.9 Å². The van der Waals surface area contributed by atoms with Gasteiger partial charge in [0.05, 0.1) is 33.5 Å². The Labute approximate surface area is 219 Å². The maximum absolute atomic E-state index is 14.4. The van der Waals surface area contributed by atoms with Crippen LogP contribution in [-0.4, -0.2) is 20.9 Å². The smallest absolute Gasteiger partial charge is 0.261 e. The molecule has 0 aliphatic rings. The van der Waals surface area contributed by atoms with Crippen molar-refractivity contribution in [2.75, 3.05) is 4.90 Å². The zero-order chi connectivity index (χ0) is 25.2. The van der Waals surface area contributed by atoms with Crippen LogP contribution in [0.4, 0.5) is 5.13 Å². The van der Waals surface area contributed by atoms with Crippen LogP contribution in [-0.2, 0) is 13.0 Å². The molecule has 6 aromatic rings. The quantitative estimate of drug-likeness (QED) is 0.240. The SMILES string of the molecule is CCc1ccc2nc(N(Cc3cccnc3)C(=O)c3cc(-c4ccccc4)nc4ccccc34)sc2c1. The van der Waals surface area contributed by atoms with Crippen molar-refractivity contribution >= 4 is 43.5 Å². The molecule has 0 atom stereocenters. The van der Waals surface area contributed by atoms with Crippen molar-refractivity contribution in [2.24, 2.45) is 0 Å². The lowest BCUT2D eigenvalue weighted by molar-refractivity contribution is 0.0986. The van der Waals surface area contributed by atoms with Crippen LogP contribution in [0.2, 0.25) is 0 Å². The van der Waals surface area contributed by atoms with Crippen molar-refractivity contribution < 1.29 is 4.79 Å². The lowest BCUT2D eigenvalue weighted by atomic mass is 10.0. The Balaban J connectivity index is 1.51. The summed E-state index contributed by atoms with van der Waals surface area (Å²) in [7, 11) is 0. The molecule has 180 valence electrons. The summed E-state index contributed by atoms with van der Waals surface area (Å²) in [5, 5.41) is 1.48. The Bertz CT molecular complexity index is 1710. The van der Waals surface area contributed by atoms with Crippen LogP contribution in [0.1, 0.15) is 28.4 Å². The van der Waals surface area contributed by atoms with Crippen molar-refractivity contribution in [3.8, 4) is 11.3 Å². The van der Waals surface area contributed by atoms with Gasteiger partial charge >= 0.3 is 0 Å². The lowest BCUT2D eigenvalue weighted by Crippen LogP contribution is -2.30. The van der Waals surface area contributed by atoms with E-state index in [0.717, 1.165) is 44.4 Å². The van der Waals surface area contributed by atoms with Gasteiger partial charge < -0.3 is 0 Å². The number of fused-ring (bicyclic) bond motifs is 2. The number of carbonyl (C=O) groups is 1. The third-order valence-electron chi connectivity index (χ3n) is 6.41. The highest BCUT2D eigenvalue weighted by Gasteiger charge is 2.25. The van der Waals surface area contributed by atoms with Crippen LogP contribution in [0.15, 0.2) is 103 Å². The second-order valence-corrected chi connectivity index (χ2v) is 9.85. The first-order valence-electron chi connectivity index (χ1n) is 12.2. The number of para-hydroxylation sites is 1. The Hall–Kier alpha value is -4.42. The first-order chi connectivity index (χ1) is 18.2. The number of pyridine rings is 2. The molecule has 3 aromatic heterocycles. The van der Waals surface area contributed by atoms with Crippen LogP contribution in [0.25, 0.3) is 32.4 Å². The molecule has 0 bridgehead atoms. The molecular weight excluding hydrogens is 476 g/mol. The van der Waals surface area contributed by atoms with Gasteiger partial charge in [-0.2, -0.15) is 0 Å². The number of aryl methyl sites for hydroxylation is 1. The first kappa shape index (κ1) is 23.0. The van der Waals surface area contributed by atoms with E-state index < -0.39 is 0 Å². The van der Waals surface area contributed by atoms with Crippen LogP contribution in [0.3, 0.4) is 0 Å². The molecule has 0 radical (unpaired) electrons. The number of rotatable bonds is 6. The van der Waals surface area contributed by atoms with E-state index in [9.17, 15) is 4.79 Å². The minimum absolute atomic E-state index is 0.116. The third kappa shape index (κ3) is 4.59. The summed E-state index contributed by atoms with van der Waals surface area (Å²) in [5.74, 6) is -0.116. The van der Waals surface area contributed by atoms with Gasteiger partial charge in [0, 0.05) is 23.3 Å². The molecule has 0 aliphatic carbocycles. The highest BCUT2D eigenvalue weighted by Crippen LogP contribution is 2.33. The largest absolute Gasteiger partial charge is 0.279 e. The Morgan fingerprint density at radius 2 is 1.68 bits per heavy atom. The number of aromatic nitrogens is 3. The van der Waals surface area contributed by atoms with E-state index in [0.29, 0.717) is 17.2 Å². The highest BCUT2D eigenvalue weighted by molar-refractivity contribution is 7.22. The number of amides is 1. The molecule has 0 saturated carbocycles. The number of benzene rings is 3. The number of hydrogen-bond donors (Lipinski definition) is 0. The molecule has 5 nitrogen and oxygen atoms in total. The molecule has 0 N–H and O–H groups in total. The van der Waals surface area contributed by atoms with Gasteiger partial charge in [0.25, 0.3) is 5.91 Å². The molecule has 0 spiro atoms. The average Bonchev–Trinajstić information content (AvgIpc) is 3.39. The number of anilines is 1. The minimum Gasteiger partial charge on any atom is -0.279 e. The first-order valence-corrected chi connectivity index (χ1v) is 13.1. The van der Waals surface area contributed by atoms with Crippen molar-refractivity contribution in [1.29, 1.82) is 0 Å². The Morgan fingerprint density at radius 1 is 0.838 bits per heavy atom. The van der Waals surface area contributed by atoms with E-state index in [1.807, 2.05) is 78.9 Å². The maximum atomic E-state index is 14.4. The second-order valence-electron chi connectivity index (χ2n) is 8.84. The summed E-state index contributed by atoms with van der Waals surface area (Å²) in [5.41, 5.74) is 6.19. The molecule has 0 fully saturated rings. The second kappa shape index (κ2) is 9.91. The standard InChI is InChI=1S/C31H24N4OS/c1-2-21-14-15-27-29(17-21)37-31(34-27)35(20-22-9-8-16-32-19-22)30(36)25-18-28(23-10-4-3-5-11-23)33-26-13-7-6-12-24(25)26/h3-19H,2,20H2,1H3. The summed E-state index contributed by atoms with van der Waals surface area (Å²) >= 11 is 1.54. The highest BCUT2D eigenvalue weighted by atomic mass is 32.1. The van der Waals surface area contributed by atoms with Crippen LogP contribution < -0.4 is 4.90 Å². The predicted molar refractivity (Wildman–Crippen MR) is 151 cm³/mol. The maximum Gasteiger partial charge on any atom is 0.261 e. The molecule has 0 saturated heterocycles. The number of thiazole rings is 1. The van der Waals surface area contributed by atoms with E-state index in [2.05, 4.69) is 24.0 Å². The summed E-state index contributed by atoms with van der Waals surface area (Å²) in [6, 6.07) is 29.8. The Morgan fingerprint density at radius 3 is 2.49 bits per heavy atom. The van der Waals surface area contributed by atoms with Gasteiger partial charge in [-0.3, -0.25) is 14.7 Å². The number of carbonyl (C=O) groups excluding carboxylic acids is 1. The molecule has 0 aliphatic heterocycles. The normalized spacial score (nSPS) is 11.2. The van der Waals surface area contributed by atoms with Gasteiger partial charge in [-0.15, -0.1) is 0 Å². The molecule has 1 amide bonds. The Kier molecular flexibility index (Phi) is 6.16. The average molecular weight is 501 g/mol. The lowest BCUT2D eigenvalue weighted by Gasteiger charge is -2.21. The monoisotopic (exact) mass is 500 g/mol. The molecule has 3 aromatic carbocycles. The zero-order valence-electron chi connectivity index (χ0n) is 20.3. The summed E-state index contributed by atoms with van der Waals surface area (Å²) in [4.78, 5) is 30.2. The molecule has 6 rings (SSSR count). The third-order valence-corrected chi connectivity index (χ3v) is 7.45. The fourth-order valence-electron chi connectivity index (χ4n) is 4.45. The van der Waals surface area contributed by atoms with E-state index in [-0.39, 0.29) is 5.91 Å². The molecule has 37 heavy (non-hydrogen) atoms. The predicted octanol–water partition coefficient (Wildman–Crippen LogP) is 7.32. The van der Waals surface area contributed by atoms with E-state index in [1.165, 1.54) is 5.56 Å². The summed E-state index contributed by atoms with van der Waals surface area (Å²) in [6.45, 7) is 2.50. The zero-order valence-corrected chi connectivity index (χ0v) is 21.2. The number of hydrogen-bond acceptors (Lipinski definition) is 5. The van der Waals surface area contributed by atoms with E-state index >= 15 is 0 Å². The van der Waals surface area contributed by atoms with Gasteiger partial charge in [0.1, 0.15) is 0 Å². The van der Waals surface area contributed by atoms with Gasteiger partial charge in [-0.05, 0) is 47.9 Å². The molecule has 3 heterocycles. The topological polar surface area (TPSA) is 59.0 Å². The van der Waals surface area contributed by atoms with Gasteiger partial charge in [0.2, 0.25) is 0 Å². The summed E-state index contributed by atoms with van der Waals surface area (Å²) in [6.07, 6.45) is 4.48.